The molecule has 2 bridgehead atoms. The van der Waals surface area contributed by atoms with E-state index >= 15 is 0 Å². The van der Waals surface area contributed by atoms with Crippen molar-refractivity contribution < 1.29 is 23.8 Å². The van der Waals surface area contributed by atoms with Crippen molar-refractivity contribution in [3.05, 3.63) is 89.0 Å². The predicted molar refractivity (Wildman–Crippen MR) is 124 cm³/mol. The van der Waals surface area contributed by atoms with Gasteiger partial charge in [-0.2, -0.15) is 0 Å². The number of carbonyl (C=O) groups excluding carboxylic acids is 2. The van der Waals surface area contributed by atoms with Crippen molar-refractivity contribution in [2.75, 3.05) is 19.5 Å². The molecule has 2 aromatic carbocycles. The number of hydrogen-bond acceptors (Lipinski definition) is 6. The van der Waals surface area contributed by atoms with Gasteiger partial charge >= 0.3 is 11.9 Å². The first-order valence-corrected chi connectivity index (χ1v) is 11.2. The van der Waals surface area contributed by atoms with Gasteiger partial charge in [0.15, 0.2) is 0 Å². The summed E-state index contributed by atoms with van der Waals surface area (Å²) in [6.45, 7) is 0. The fourth-order valence-corrected chi connectivity index (χ4v) is 4.87. The molecule has 2 heterocycles. The minimum absolute atomic E-state index is 0.201. The van der Waals surface area contributed by atoms with Crippen LogP contribution in [0.15, 0.2) is 77.9 Å². The molecule has 3 unspecified atom stereocenters. The van der Waals surface area contributed by atoms with Crippen molar-refractivity contribution in [1.82, 2.24) is 0 Å². The highest BCUT2D eigenvalue weighted by Gasteiger charge is 2.58. The van der Waals surface area contributed by atoms with Gasteiger partial charge in [0.25, 0.3) is 0 Å². The van der Waals surface area contributed by atoms with Crippen molar-refractivity contribution in [1.29, 1.82) is 0 Å². The van der Waals surface area contributed by atoms with Crippen molar-refractivity contribution in [2.24, 2.45) is 0 Å². The van der Waals surface area contributed by atoms with E-state index in [0.717, 1.165) is 11.3 Å². The second kappa shape index (κ2) is 8.52. The van der Waals surface area contributed by atoms with Crippen LogP contribution in [0.3, 0.4) is 0 Å². The molecule has 2 aromatic rings. The molecule has 5 rings (SSSR count). The first-order valence-electron chi connectivity index (χ1n) is 11.2. The number of methoxy groups -OCH3 is 2. The smallest absolute Gasteiger partial charge is 0.337 e. The molecule has 6 heteroatoms. The van der Waals surface area contributed by atoms with Crippen molar-refractivity contribution in [3.63, 3.8) is 0 Å². The fourth-order valence-electron chi connectivity index (χ4n) is 4.87. The lowest BCUT2D eigenvalue weighted by molar-refractivity contribution is -0.139. The van der Waals surface area contributed by atoms with Crippen molar-refractivity contribution in [2.45, 2.75) is 42.9 Å². The molecule has 0 spiro atoms. The molecular formula is C27H27NO5. The van der Waals surface area contributed by atoms with Crippen molar-refractivity contribution in [3.8, 4) is 0 Å². The molecule has 1 fully saturated rings. The SMILES string of the molecule is COC(=O)C1=C(C(=O)OC)C2(C(Cc3ccc(C4CC4)cc3)Nc3ccccc3)C=CC1O2. The molecule has 1 saturated carbocycles. The van der Waals surface area contributed by atoms with E-state index in [1.54, 1.807) is 0 Å². The topological polar surface area (TPSA) is 73.9 Å². The minimum atomic E-state index is -1.16. The zero-order valence-electron chi connectivity index (χ0n) is 18.7. The summed E-state index contributed by atoms with van der Waals surface area (Å²) in [5.74, 6) is -0.492. The van der Waals surface area contributed by atoms with Gasteiger partial charge in [-0.25, -0.2) is 9.59 Å². The maximum absolute atomic E-state index is 12.9. The first kappa shape index (κ1) is 21.5. The van der Waals surface area contributed by atoms with Crippen LogP contribution in [0.25, 0.3) is 0 Å². The molecule has 0 amide bonds. The number of anilines is 1. The molecule has 170 valence electrons. The summed E-state index contributed by atoms with van der Waals surface area (Å²) in [6, 6.07) is 18.0. The Hall–Kier alpha value is -3.38. The van der Waals surface area contributed by atoms with Gasteiger partial charge in [0.05, 0.1) is 31.4 Å². The lowest BCUT2D eigenvalue weighted by Crippen LogP contribution is -2.49. The summed E-state index contributed by atoms with van der Waals surface area (Å²) < 4.78 is 16.4. The van der Waals surface area contributed by atoms with Gasteiger partial charge in [0, 0.05) is 5.69 Å². The average Bonchev–Trinajstić information content (AvgIpc) is 3.54. The monoisotopic (exact) mass is 445 g/mol. The average molecular weight is 446 g/mol. The maximum Gasteiger partial charge on any atom is 0.337 e. The van der Waals surface area contributed by atoms with E-state index in [2.05, 4.69) is 29.6 Å². The molecule has 0 aromatic heterocycles. The van der Waals surface area contributed by atoms with Crippen LogP contribution >= 0.6 is 0 Å². The van der Waals surface area contributed by atoms with E-state index in [4.69, 9.17) is 14.2 Å². The van der Waals surface area contributed by atoms with Gasteiger partial charge < -0.3 is 19.5 Å². The number of para-hydroxylation sites is 1. The summed E-state index contributed by atoms with van der Waals surface area (Å²) in [7, 11) is 2.61. The lowest BCUT2D eigenvalue weighted by atomic mass is 9.79. The van der Waals surface area contributed by atoms with Crippen LogP contribution in [0.4, 0.5) is 5.69 Å². The molecule has 0 saturated heterocycles. The third kappa shape index (κ3) is 3.85. The molecule has 6 nitrogen and oxygen atoms in total. The van der Waals surface area contributed by atoms with E-state index < -0.39 is 23.6 Å². The van der Waals surface area contributed by atoms with Crippen LogP contribution in [0, 0.1) is 0 Å². The van der Waals surface area contributed by atoms with E-state index in [0.29, 0.717) is 12.3 Å². The summed E-state index contributed by atoms with van der Waals surface area (Å²) in [5, 5.41) is 3.55. The van der Waals surface area contributed by atoms with E-state index in [1.807, 2.05) is 42.5 Å². The molecule has 2 aliphatic heterocycles. The highest BCUT2D eigenvalue weighted by Crippen LogP contribution is 2.47. The number of nitrogens with one attached hydrogen (secondary N) is 1. The normalized spacial score (nSPS) is 24.0. The molecule has 3 atom stereocenters. The predicted octanol–water partition coefficient (Wildman–Crippen LogP) is 3.94. The fraction of sp³-hybridized carbons (Fsp3) is 0.333. The Morgan fingerprint density at radius 3 is 2.36 bits per heavy atom. The summed E-state index contributed by atoms with van der Waals surface area (Å²) >= 11 is 0. The molecule has 33 heavy (non-hydrogen) atoms. The van der Waals surface area contributed by atoms with E-state index in [-0.39, 0.29) is 17.2 Å². The Kier molecular flexibility index (Phi) is 5.54. The number of ether oxygens (including phenoxy) is 3. The third-order valence-corrected chi connectivity index (χ3v) is 6.68. The Morgan fingerprint density at radius 2 is 1.73 bits per heavy atom. The second-order valence-electron chi connectivity index (χ2n) is 8.75. The number of carbonyl (C=O) groups is 2. The summed E-state index contributed by atoms with van der Waals surface area (Å²) in [5.41, 5.74) is 2.61. The Morgan fingerprint density at radius 1 is 1.03 bits per heavy atom. The van der Waals surface area contributed by atoms with Crippen LogP contribution in [0.1, 0.15) is 29.9 Å². The number of hydrogen-bond donors (Lipinski definition) is 1. The van der Waals surface area contributed by atoms with Crippen LogP contribution in [-0.4, -0.2) is 43.9 Å². The Labute approximate surface area is 193 Å². The molecule has 1 aliphatic carbocycles. The van der Waals surface area contributed by atoms with Crippen LogP contribution in [0.5, 0.6) is 0 Å². The first-order chi connectivity index (χ1) is 16.1. The van der Waals surface area contributed by atoms with Crippen LogP contribution < -0.4 is 5.32 Å². The van der Waals surface area contributed by atoms with Gasteiger partial charge in [0.1, 0.15) is 11.7 Å². The standard InChI is InChI=1S/C27H27NO5/c1-31-25(29)23-21-14-15-27(33-21,24(23)26(30)32-2)22(28-20-6-4-3-5-7-20)16-17-8-10-18(11-9-17)19-12-13-19/h3-11,14-15,19,21-22,28H,12-13,16H2,1-2H3. The number of esters is 2. The number of fused-ring (bicyclic) bond motifs is 2. The van der Waals surface area contributed by atoms with Crippen molar-refractivity contribution >= 4 is 17.6 Å². The molecule has 1 N–H and O–H groups in total. The zero-order valence-corrected chi connectivity index (χ0v) is 18.7. The minimum Gasteiger partial charge on any atom is -0.466 e. The maximum atomic E-state index is 12.9. The van der Waals surface area contributed by atoms with E-state index in [9.17, 15) is 9.59 Å². The van der Waals surface area contributed by atoms with Crippen LogP contribution in [0.2, 0.25) is 0 Å². The molecule has 3 aliphatic rings. The van der Waals surface area contributed by atoms with Gasteiger partial charge in [-0.15, -0.1) is 0 Å². The lowest BCUT2D eigenvalue weighted by Gasteiger charge is -2.36. The zero-order chi connectivity index (χ0) is 23.0. The molecule has 0 radical (unpaired) electrons. The molecular weight excluding hydrogens is 418 g/mol. The van der Waals surface area contributed by atoms with Gasteiger partial charge in [-0.3, -0.25) is 0 Å². The highest BCUT2D eigenvalue weighted by atomic mass is 16.6. The largest absolute Gasteiger partial charge is 0.466 e. The summed E-state index contributed by atoms with van der Waals surface area (Å²) in [6.07, 6.45) is 6.12. The van der Waals surface area contributed by atoms with Crippen LogP contribution in [-0.2, 0) is 30.2 Å². The highest BCUT2D eigenvalue weighted by molar-refractivity contribution is 6.05. The Bertz CT molecular complexity index is 1120. The quantitative estimate of drug-likeness (QED) is 0.490. The van der Waals surface area contributed by atoms with E-state index in [1.165, 1.54) is 32.6 Å². The second-order valence-corrected chi connectivity index (χ2v) is 8.75. The van der Waals surface area contributed by atoms with Gasteiger partial charge in [0.2, 0.25) is 0 Å². The third-order valence-electron chi connectivity index (χ3n) is 6.68. The number of rotatable bonds is 8. The number of benzene rings is 2. The summed E-state index contributed by atoms with van der Waals surface area (Å²) in [4.78, 5) is 25.5. The van der Waals surface area contributed by atoms with Gasteiger partial charge in [-0.1, -0.05) is 48.5 Å². The van der Waals surface area contributed by atoms with Gasteiger partial charge in [-0.05, 0) is 54.5 Å². The Balaban J connectivity index is 1.55.